The second-order valence-electron chi connectivity index (χ2n) is 0.577. The minimum atomic E-state index is 0. The molecule has 0 bridgehead atoms. The molecule has 0 saturated heterocycles. The Hall–Kier alpha value is 0.740. The van der Waals surface area contributed by atoms with Crippen molar-refractivity contribution in [1.82, 2.24) is 0 Å². The molecule has 24 valence electrons. The van der Waals surface area contributed by atoms with Crippen molar-refractivity contribution in [1.29, 1.82) is 0 Å². The molecule has 0 aromatic carbocycles. The van der Waals surface area contributed by atoms with Gasteiger partial charge in [0.1, 0.15) is 0 Å². The smallest absolute Gasteiger partial charge is 0.340 e. The molecule has 0 nitrogen and oxygen atoms in total. The maximum Gasteiger partial charge on any atom is 1.00 e. The zero-order valence-corrected chi connectivity index (χ0v) is 5.70. The van der Waals surface area contributed by atoms with E-state index in [9.17, 15) is 0 Å². The Bertz CT molecular complexity index is 17.6. The minimum Gasteiger partial charge on any atom is -0.340 e. The monoisotopic (exact) mass is 78.0 g/mol. The molecule has 0 N–H and O–H groups in total. The average molecular weight is 78.1 g/mol. The first-order valence-electron chi connectivity index (χ1n) is 1.32. The predicted molar refractivity (Wildman–Crippen MR) is 20.2 cm³/mol. The summed E-state index contributed by atoms with van der Waals surface area (Å²) in [5.74, 6) is 0. The fourth-order valence-corrected chi connectivity index (χ4v) is 0. The topological polar surface area (TPSA) is 0 Å². The summed E-state index contributed by atoms with van der Waals surface area (Å²) in [5.41, 5.74) is 0. The summed E-state index contributed by atoms with van der Waals surface area (Å²) in [6.45, 7) is 6.90. The van der Waals surface area contributed by atoms with Crippen LogP contribution in [0.2, 0.25) is 0 Å². The van der Waals surface area contributed by atoms with Gasteiger partial charge in [-0.1, -0.05) is 0 Å². The Balaban J connectivity index is 0. The van der Waals surface area contributed by atoms with Crippen molar-refractivity contribution in [2.45, 2.75) is 6.42 Å². The molecule has 0 aliphatic rings. The second kappa shape index (κ2) is 8.83. The van der Waals surface area contributed by atoms with Gasteiger partial charge in [0.15, 0.2) is 0 Å². The predicted octanol–water partition coefficient (Wildman–Crippen LogP) is -1.60. The van der Waals surface area contributed by atoms with Gasteiger partial charge in [-0.3, -0.25) is 0 Å². The van der Waals surface area contributed by atoms with Gasteiger partial charge < -0.3 is 6.92 Å². The molecule has 0 heterocycles. The fourth-order valence-electron chi connectivity index (χ4n) is 0. The first-order valence-corrected chi connectivity index (χ1v) is 1.32. The van der Waals surface area contributed by atoms with Crippen LogP contribution in [-0.2, 0) is 0 Å². The van der Waals surface area contributed by atoms with Crippen molar-refractivity contribution in [2.75, 3.05) is 0 Å². The second-order valence-corrected chi connectivity index (χ2v) is 0.577. The fraction of sp³-hybridized carbons (Fsp3) is 0.250. The summed E-state index contributed by atoms with van der Waals surface area (Å²) in [7, 11) is 0. The average Bonchev–Trinajstić information content (AvgIpc) is 1.37. The summed E-state index contributed by atoms with van der Waals surface area (Å²) in [6.07, 6.45) is 2.60. The van der Waals surface area contributed by atoms with Crippen LogP contribution in [0.25, 0.3) is 0 Å². The molecule has 1 heteroatoms. The number of hydrogen-bond acceptors (Lipinski definition) is 0. The standard InChI is InChI=1S/C4H7.Na/c1-3-4-2;/h3H,1-2,4H2;/q-1;+1. The molecular formula is C4H7Na. The summed E-state index contributed by atoms with van der Waals surface area (Å²) in [6, 6.07) is 0. The Kier molecular flexibility index (Phi) is 16.3. The van der Waals surface area contributed by atoms with E-state index in [2.05, 4.69) is 13.5 Å². The number of hydrogen-bond donors (Lipinski definition) is 0. The molecule has 0 radical (unpaired) electrons. The zero-order valence-electron chi connectivity index (χ0n) is 3.70. The van der Waals surface area contributed by atoms with Crippen LogP contribution in [0.4, 0.5) is 0 Å². The van der Waals surface area contributed by atoms with Gasteiger partial charge in [-0.25, -0.2) is 0 Å². The van der Waals surface area contributed by atoms with Gasteiger partial charge in [-0.05, 0) is 0 Å². The van der Waals surface area contributed by atoms with Crippen LogP contribution in [0.15, 0.2) is 12.7 Å². The molecule has 0 spiro atoms. The van der Waals surface area contributed by atoms with E-state index in [4.69, 9.17) is 0 Å². The van der Waals surface area contributed by atoms with Crippen molar-refractivity contribution in [3.8, 4) is 0 Å². The summed E-state index contributed by atoms with van der Waals surface area (Å²) in [5, 5.41) is 0. The van der Waals surface area contributed by atoms with E-state index in [0.29, 0.717) is 0 Å². The van der Waals surface area contributed by atoms with Crippen molar-refractivity contribution >= 4 is 0 Å². The van der Waals surface area contributed by atoms with E-state index in [1.165, 1.54) is 0 Å². The van der Waals surface area contributed by atoms with E-state index in [-0.39, 0.29) is 29.6 Å². The van der Waals surface area contributed by atoms with Crippen LogP contribution in [0.5, 0.6) is 0 Å². The van der Waals surface area contributed by atoms with E-state index in [1.807, 2.05) is 0 Å². The molecule has 0 amide bonds. The van der Waals surface area contributed by atoms with E-state index >= 15 is 0 Å². The summed E-state index contributed by atoms with van der Waals surface area (Å²) < 4.78 is 0. The van der Waals surface area contributed by atoms with Crippen molar-refractivity contribution < 1.29 is 29.6 Å². The number of allylic oxidation sites excluding steroid dienone is 1. The Morgan fingerprint density at radius 1 is 1.80 bits per heavy atom. The third-order valence-corrected chi connectivity index (χ3v) is 0.204. The Morgan fingerprint density at radius 2 is 2.00 bits per heavy atom. The molecule has 0 atom stereocenters. The van der Waals surface area contributed by atoms with Gasteiger partial charge in [0.05, 0.1) is 0 Å². The summed E-state index contributed by atoms with van der Waals surface area (Å²) in [4.78, 5) is 0. The van der Waals surface area contributed by atoms with Crippen molar-refractivity contribution in [3.63, 3.8) is 0 Å². The summed E-state index contributed by atoms with van der Waals surface area (Å²) >= 11 is 0. The van der Waals surface area contributed by atoms with Gasteiger partial charge >= 0.3 is 29.6 Å². The van der Waals surface area contributed by atoms with E-state index in [1.54, 1.807) is 6.08 Å². The van der Waals surface area contributed by atoms with E-state index < -0.39 is 0 Å². The van der Waals surface area contributed by atoms with Crippen LogP contribution in [0.1, 0.15) is 6.42 Å². The van der Waals surface area contributed by atoms with Gasteiger partial charge in [0, 0.05) is 0 Å². The third-order valence-electron chi connectivity index (χ3n) is 0.204. The number of rotatable bonds is 1. The molecule has 0 aliphatic carbocycles. The molecule has 0 aromatic rings. The van der Waals surface area contributed by atoms with Crippen molar-refractivity contribution in [3.05, 3.63) is 19.6 Å². The van der Waals surface area contributed by atoms with Gasteiger partial charge in [-0.2, -0.15) is 6.42 Å². The van der Waals surface area contributed by atoms with Gasteiger partial charge in [-0.15, -0.1) is 12.7 Å². The normalized spacial score (nSPS) is 5.00. The molecule has 0 aliphatic heterocycles. The first kappa shape index (κ1) is 9.22. The van der Waals surface area contributed by atoms with Crippen LogP contribution in [0, 0.1) is 6.92 Å². The minimum absolute atomic E-state index is 0. The maximum atomic E-state index is 3.49. The largest absolute Gasteiger partial charge is 1.00 e. The van der Waals surface area contributed by atoms with Gasteiger partial charge in [0.25, 0.3) is 0 Å². The van der Waals surface area contributed by atoms with Gasteiger partial charge in [0.2, 0.25) is 0 Å². The van der Waals surface area contributed by atoms with Crippen LogP contribution in [-0.4, -0.2) is 0 Å². The Morgan fingerprint density at radius 3 is 2.00 bits per heavy atom. The molecule has 5 heavy (non-hydrogen) atoms. The molecule has 0 fully saturated rings. The van der Waals surface area contributed by atoms with Crippen LogP contribution < -0.4 is 29.6 Å². The molecule has 0 unspecified atom stereocenters. The molecule has 0 aromatic heterocycles. The van der Waals surface area contributed by atoms with Crippen LogP contribution >= 0.6 is 0 Å². The first-order chi connectivity index (χ1) is 1.91. The van der Waals surface area contributed by atoms with Crippen molar-refractivity contribution in [2.24, 2.45) is 0 Å². The zero-order chi connectivity index (χ0) is 3.41. The van der Waals surface area contributed by atoms with E-state index in [0.717, 1.165) is 6.42 Å². The quantitative estimate of drug-likeness (QED) is 0.201. The molecule has 0 rings (SSSR count). The Labute approximate surface area is 55.6 Å². The van der Waals surface area contributed by atoms with Crippen LogP contribution in [0.3, 0.4) is 0 Å². The SMILES string of the molecule is C=CC[CH2-].[Na+]. The maximum absolute atomic E-state index is 3.49. The molecular weight excluding hydrogens is 71.0 g/mol. The molecule has 0 saturated carbocycles. The third kappa shape index (κ3) is 11.8.